The molecule has 0 aliphatic heterocycles. The molecular formula is C15H17N3O5S. The summed E-state index contributed by atoms with van der Waals surface area (Å²) >= 11 is 0. The number of carbonyl (C=O) groups is 1. The van der Waals surface area contributed by atoms with Crippen LogP contribution in [-0.2, 0) is 21.3 Å². The molecule has 0 aliphatic rings. The van der Waals surface area contributed by atoms with E-state index in [9.17, 15) is 18.1 Å². The lowest BCUT2D eigenvalue weighted by atomic mass is 10.3. The number of rotatable bonds is 6. The molecule has 2 aromatic rings. The predicted octanol–water partition coefficient (Wildman–Crippen LogP) is 2.03. The monoisotopic (exact) mass is 351 g/mol. The van der Waals surface area contributed by atoms with E-state index in [-0.39, 0.29) is 22.8 Å². The number of hydrogen-bond donors (Lipinski definition) is 1. The quantitative estimate of drug-likeness (QED) is 0.629. The average Bonchev–Trinajstić information content (AvgIpc) is 2.61. The smallest absolute Gasteiger partial charge is 0.243 e. The number of hydrogen-bond acceptors (Lipinski definition) is 7. The zero-order valence-corrected chi connectivity index (χ0v) is 14.0. The normalized spacial score (nSPS) is 10.4. The zero-order chi connectivity index (χ0) is 18.0. The molecule has 0 saturated carbocycles. The molecular weight excluding hydrogens is 334 g/mol. The molecule has 1 aromatic carbocycles. The lowest BCUT2D eigenvalue weighted by Crippen LogP contribution is -2.24. The highest BCUT2D eigenvalue weighted by molar-refractivity contribution is 7.89. The van der Waals surface area contributed by atoms with Crippen LogP contribution in [0.4, 0.5) is 5.69 Å². The van der Waals surface area contributed by atoms with Crippen molar-refractivity contribution in [3.05, 3.63) is 58.8 Å². The van der Waals surface area contributed by atoms with Crippen molar-refractivity contribution in [1.29, 1.82) is 0 Å². The molecule has 2 rings (SSSR count). The summed E-state index contributed by atoms with van der Waals surface area (Å²) in [5, 5.41) is 2.69. The van der Waals surface area contributed by atoms with E-state index in [0.717, 1.165) is 0 Å². The van der Waals surface area contributed by atoms with Crippen LogP contribution in [0.5, 0.6) is 0 Å². The van der Waals surface area contributed by atoms with E-state index >= 15 is 0 Å². The van der Waals surface area contributed by atoms with Crippen LogP contribution in [0.25, 0.3) is 0 Å². The Labute approximate surface area is 139 Å². The minimum Gasteiger partial charge on any atom is -0.388 e. The summed E-state index contributed by atoms with van der Waals surface area (Å²) < 4.78 is 30.8. The maximum absolute atomic E-state index is 12.1. The van der Waals surface area contributed by atoms with Crippen LogP contribution in [0, 0.1) is 4.91 Å². The van der Waals surface area contributed by atoms with Crippen molar-refractivity contribution in [3.8, 4) is 0 Å². The number of nitrogens with zero attached hydrogens (tertiary/aromatic N) is 2. The van der Waals surface area contributed by atoms with Gasteiger partial charge in [-0.25, -0.2) is 18.1 Å². The molecule has 9 heteroatoms. The van der Waals surface area contributed by atoms with Gasteiger partial charge in [-0.05, 0) is 29.4 Å². The van der Waals surface area contributed by atoms with E-state index in [4.69, 9.17) is 0 Å². The Bertz CT molecular complexity index is 793. The molecule has 0 aliphatic carbocycles. The van der Waals surface area contributed by atoms with Crippen LogP contribution in [0.1, 0.15) is 16.2 Å². The number of benzene rings is 1. The highest BCUT2D eigenvalue weighted by Crippen LogP contribution is 2.23. The third-order valence-electron chi connectivity index (χ3n) is 2.65. The van der Waals surface area contributed by atoms with Gasteiger partial charge in [-0.2, -0.15) is 0 Å². The van der Waals surface area contributed by atoms with E-state index in [1.54, 1.807) is 26.4 Å². The van der Waals surface area contributed by atoms with Gasteiger partial charge >= 0.3 is 0 Å². The number of aromatic nitrogens is 1. The number of aldehydes is 1. The summed E-state index contributed by atoms with van der Waals surface area (Å²) in [6.45, 7) is -0.1000. The third-order valence-corrected chi connectivity index (χ3v) is 4.09. The molecule has 0 fully saturated rings. The summed E-state index contributed by atoms with van der Waals surface area (Å²) in [6, 6.07) is 10.3. The molecule has 24 heavy (non-hydrogen) atoms. The molecule has 1 N–H and O–H groups in total. The molecule has 0 saturated heterocycles. The first-order valence-corrected chi connectivity index (χ1v) is 8.20. The Morgan fingerprint density at radius 3 is 2.46 bits per heavy atom. The van der Waals surface area contributed by atoms with Crippen LogP contribution in [0.3, 0.4) is 0 Å². The van der Waals surface area contributed by atoms with E-state index in [0.29, 0.717) is 12.0 Å². The summed E-state index contributed by atoms with van der Waals surface area (Å²) in [4.78, 5) is 25.0. The molecule has 0 bridgehead atoms. The first-order chi connectivity index (χ1) is 11.5. The Morgan fingerprint density at radius 1 is 1.17 bits per heavy atom. The van der Waals surface area contributed by atoms with Gasteiger partial charge in [-0.1, -0.05) is 18.2 Å². The van der Waals surface area contributed by atoms with Gasteiger partial charge in [-0.3, -0.25) is 4.79 Å². The first-order valence-electron chi connectivity index (χ1n) is 6.71. The van der Waals surface area contributed by atoms with Crippen molar-refractivity contribution in [1.82, 2.24) is 9.71 Å². The molecule has 128 valence electrons. The van der Waals surface area contributed by atoms with Crippen molar-refractivity contribution < 1.29 is 17.9 Å². The predicted molar refractivity (Wildman–Crippen MR) is 88.5 cm³/mol. The number of sulfonamides is 1. The number of nitrogens with one attached hydrogen (secondary N) is 1. The summed E-state index contributed by atoms with van der Waals surface area (Å²) in [5.74, 6) is 0. The van der Waals surface area contributed by atoms with Gasteiger partial charge in [0.2, 0.25) is 10.0 Å². The van der Waals surface area contributed by atoms with Gasteiger partial charge in [0.15, 0.2) is 6.29 Å². The second-order valence-electron chi connectivity index (χ2n) is 4.46. The van der Waals surface area contributed by atoms with Crippen LogP contribution in [-0.4, -0.2) is 33.9 Å². The second-order valence-corrected chi connectivity index (χ2v) is 6.20. The standard InChI is InChI=1S/C13H11N3O4S.C2H6O/c17-9-11-5-3-4-10(15-11)8-14-21(19,20)13-7-2-1-6-12(13)16-18;1-3-2/h1-7,9,14H,8H2;1-2H3. The number of methoxy groups -OCH3 is 1. The van der Waals surface area contributed by atoms with Gasteiger partial charge in [0, 0.05) is 14.2 Å². The van der Waals surface area contributed by atoms with Crippen LogP contribution < -0.4 is 4.72 Å². The van der Waals surface area contributed by atoms with Crippen molar-refractivity contribution in [2.75, 3.05) is 14.2 Å². The summed E-state index contributed by atoms with van der Waals surface area (Å²) in [5.41, 5.74) is 0.431. The summed E-state index contributed by atoms with van der Waals surface area (Å²) in [7, 11) is -0.643. The minimum atomic E-state index is -3.89. The topological polar surface area (TPSA) is 115 Å². The van der Waals surface area contributed by atoms with Gasteiger partial charge < -0.3 is 4.74 Å². The fourth-order valence-corrected chi connectivity index (χ4v) is 2.80. The van der Waals surface area contributed by atoms with Gasteiger partial charge in [0.05, 0.1) is 12.2 Å². The van der Waals surface area contributed by atoms with E-state index in [1.807, 2.05) is 0 Å². The zero-order valence-electron chi connectivity index (χ0n) is 13.2. The lowest BCUT2D eigenvalue weighted by molar-refractivity contribution is 0.111. The van der Waals surface area contributed by atoms with Crippen molar-refractivity contribution in [3.63, 3.8) is 0 Å². The van der Waals surface area contributed by atoms with Crippen LogP contribution in [0.2, 0.25) is 0 Å². The Balaban J connectivity index is 0.000000891. The van der Waals surface area contributed by atoms with E-state index in [2.05, 4.69) is 19.6 Å². The molecule has 0 unspecified atom stereocenters. The van der Waals surface area contributed by atoms with Crippen molar-refractivity contribution >= 4 is 22.0 Å². The van der Waals surface area contributed by atoms with Crippen LogP contribution >= 0.6 is 0 Å². The SMILES string of the molecule is COC.O=Cc1cccc(CNS(=O)(=O)c2ccccc2N=O)n1. The Hall–Kier alpha value is -2.49. The van der Waals surface area contributed by atoms with Gasteiger partial charge in [0.1, 0.15) is 16.3 Å². The highest BCUT2D eigenvalue weighted by atomic mass is 32.2. The average molecular weight is 351 g/mol. The largest absolute Gasteiger partial charge is 0.388 e. The number of pyridine rings is 1. The Morgan fingerprint density at radius 2 is 1.83 bits per heavy atom. The number of carbonyl (C=O) groups excluding carboxylic acids is 1. The van der Waals surface area contributed by atoms with Crippen molar-refractivity contribution in [2.45, 2.75) is 11.4 Å². The second kappa shape index (κ2) is 9.60. The molecule has 1 aromatic heterocycles. The third kappa shape index (κ3) is 5.61. The highest BCUT2D eigenvalue weighted by Gasteiger charge is 2.18. The first kappa shape index (κ1) is 19.6. The summed E-state index contributed by atoms with van der Waals surface area (Å²) in [6.07, 6.45) is 0.573. The number of nitroso groups, excluding NO2 is 1. The Kier molecular flexibility index (Phi) is 7.83. The maximum Gasteiger partial charge on any atom is 0.243 e. The van der Waals surface area contributed by atoms with Gasteiger partial charge in [0.25, 0.3) is 0 Å². The van der Waals surface area contributed by atoms with E-state index < -0.39 is 10.0 Å². The minimum absolute atomic E-state index is 0.1000. The fraction of sp³-hybridized carbons (Fsp3) is 0.200. The number of ether oxygens (including phenoxy) is 1. The fourth-order valence-electron chi connectivity index (χ4n) is 1.67. The molecule has 0 radical (unpaired) electrons. The molecule has 0 spiro atoms. The molecule has 0 atom stereocenters. The molecule has 0 amide bonds. The van der Waals surface area contributed by atoms with Gasteiger partial charge in [-0.15, -0.1) is 4.91 Å². The molecule has 8 nitrogen and oxygen atoms in total. The maximum atomic E-state index is 12.1. The van der Waals surface area contributed by atoms with Crippen LogP contribution in [0.15, 0.2) is 52.5 Å². The van der Waals surface area contributed by atoms with Crippen molar-refractivity contribution in [2.24, 2.45) is 5.18 Å². The molecule has 1 heterocycles. The lowest BCUT2D eigenvalue weighted by Gasteiger charge is -2.07. The van der Waals surface area contributed by atoms with E-state index in [1.165, 1.54) is 30.3 Å².